The molecule has 1 aromatic carbocycles. The Kier molecular flexibility index (Phi) is 4.89. The standard InChI is InChI=1S/C16H16N2O2/c1-20-15-5-2-14(3-6-15)12-18-16(19)7-4-13-8-10-17-11-9-13/h2-11H,12H2,1H3,(H,18,19)/b7-4+. The fourth-order valence-electron chi connectivity index (χ4n) is 1.64. The number of pyridine rings is 1. The molecule has 1 heterocycles. The highest BCUT2D eigenvalue weighted by Gasteiger charge is 1.97. The third kappa shape index (κ3) is 4.24. The first kappa shape index (κ1) is 13.8. The number of hydrogen-bond acceptors (Lipinski definition) is 3. The normalized spacial score (nSPS) is 10.4. The van der Waals surface area contributed by atoms with Gasteiger partial charge in [-0.3, -0.25) is 9.78 Å². The molecule has 2 aromatic rings. The number of hydrogen-bond donors (Lipinski definition) is 1. The Bertz CT molecular complexity index is 577. The van der Waals surface area contributed by atoms with E-state index < -0.39 is 0 Å². The Balaban J connectivity index is 1.84. The summed E-state index contributed by atoms with van der Waals surface area (Å²) in [5.41, 5.74) is 1.97. The lowest BCUT2D eigenvalue weighted by Crippen LogP contribution is -2.20. The Hall–Kier alpha value is -2.62. The molecule has 0 aliphatic rings. The second kappa shape index (κ2) is 7.09. The van der Waals surface area contributed by atoms with E-state index in [1.54, 1.807) is 25.6 Å². The lowest BCUT2D eigenvalue weighted by molar-refractivity contribution is -0.116. The molecule has 0 spiro atoms. The highest BCUT2D eigenvalue weighted by molar-refractivity contribution is 5.91. The number of amides is 1. The molecule has 4 nitrogen and oxygen atoms in total. The van der Waals surface area contributed by atoms with E-state index in [0.29, 0.717) is 6.54 Å². The molecule has 102 valence electrons. The third-order valence-corrected chi connectivity index (χ3v) is 2.76. The summed E-state index contributed by atoms with van der Waals surface area (Å²) in [6.07, 6.45) is 6.65. The Morgan fingerprint density at radius 2 is 1.90 bits per heavy atom. The molecule has 2 rings (SSSR count). The van der Waals surface area contributed by atoms with E-state index in [2.05, 4.69) is 10.3 Å². The summed E-state index contributed by atoms with van der Waals surface area (Å²) >= 11 is 0. The number of ether oxygens (including phenoxy) is 1. The largest absolute Gasteiger partial charge is 0.497 e. The van der Waals surface area contributed by atoms with Crippen LogP contribution in [0.5, 0.6) is 5.75 Å². The summed E-state index contributed by atoms with van der Waals surface area (Å²) in [7, 11) is 1.63. The van der Waals surface area contributed by atoms with Crippen LogP contribution in [0.4, 0.5) is 0 Å². The van der Waals surface area contributed by atoms with E-state index >= 15 is 0 Å². The molecule has 1 amide bonds. The zero-order valence-corrected chi connectivity index (χ0v) is 11.2. The summed E-state index contributed by atoms with van der Waals surface area (Å²) in [6, 6.07) is 11.3. The average molecular weight is 268 g/mol. The van der Waals surface area contributed by atoms with Crippen molar-refractivity contribution in [3.05, 3.63) is 66.0 Å². The molecule has 0 saturated heterocycles. The summed E-state index contributed by atoms with van der Waals surface area (Å²) in [4.78, 5) is 15.6. The van der Waals surface area contributed by atoms with Gasteiger partial charge in [-0.2, -0.15) is 0 Å². The second-order valence-electron chi connectivity index (χ2n) is 4.18. The van der Waals surface area contributed by atoms with Crippen molar-refractivity contribution in [3.63, 3.8) is 0 Å². The van der Waals surface area contributed by atoms with Crippen molar-refractivity contribution in [2.75, 3.05) is 7.11 Å². The topological polar surface area (TPSA) is 51.2 Å². The first-order valence-corrected chi connectivity index (χ1v) is 6.27. The Labute approximate surface area is 118 Å². The molecule has 20 heavy (non-hydrogen) atoms. The summed E-state index contributed by atoms with van der Waals surface area (Å²) < 4.78 is 5.08. The predicted octanol–water partition coefficient (Wildman–Crippen LogP) is 2.42. The van der Waals surface area contributed by atoms with Gasteiger partial charge in [0, 0.05) is 25.0 Å². The highest BCUT2D eigenvalue weighted by Crippen LogP contribution is 2.10. The van der Waals surface area contributed by atoms with E-state index in [9.17, 15) is 4.79 Å². The third-order valence-electron chi connectivity index (χ3n) is 2.76. The SMILES string of the molecule is COc1ccc(CNC(=O)/C=C/c2ccncc2)cc1. The quantitative estimate of drug-likeness (QED) is 0.847. The molecule has 0 radical (unpaired) electrons. The van der Waals surface area contributed by atoms with Crippen LogP contribution in [0.15, 0.2) is 54.9 Å². The minimum absolute atomic E-state index is 0.127. The maximum Gasteiger partial charge on any atom is 0.244 e. The lowest BCUT2D eigenvalue weighted by Gasteiger charge is -2.04. The molecule has 0 saturated carbocycles. The lowest BCUT2D eigenvalue weighted by atomic mass is 10.2. The molecule has 1 aromatic heterocycles. The van der Waals surface area contributed by atoms with Gasteiger partial charge in [0.05, 0.1) is 7.11 Å². The number of nitrogens with zero attached hydrogens (tertiary/aromatic N) is 1. The number of carbonyl (C=O) groups excluding carboxylic acids is 1. The monoisotopic (exact) mass is 268 g/mol. The molecule has 0 aliphatic carbocycles. The van der Waals surface area contributed by atoms with Gasteiger partial charge in [-0.15, -0.1) is 0 Å². The molecular weight excluding hydrogens is 252 g/mol. The smallest absolute Gasteiger partial charge is 0.244 e. The molecule has 0 atom stereocenters. The van der Waals surface area contributed by atoms with Gasteiger partial charge in [0.25, 0.3) is 0 Å². The molecule has 0 unspecified atom stereocenters. The number of nitrogens with one attached hydrogen (secondary N) is 1. The molecule has 4 heteroatoms. The molecular formula is C16H16N2O2. The number of benzene rings is 1. The van der Waals surface area contributed by atoms with E-state index in [1.807, 2.05) is 36.4 Å². The molecule has 0 aliphatic heterocycles. The van der Waals surface area contributed by atoms with Gasteiger partial charge < -0.3 is 10.1 Å². The van der Waals surface area contributed by atoms with Gasteiger partial charge in [0.15, 0.2) is 0 Å². The number of rotatable bonds is 5. The minimum Gasteiger partial charge on any atom is -0.497 e. The van der Waals surface area contributed by atoms with Crippen LogP contribution in [0.1, 0.15) is 11.1 Å². The summed E-state index contributed by atoms with van der Waals surface area (Å²) in [5, 5.41) is 2.82. The van der Waals surface area contributed by atoms with Crippen molar-refractivity contribution in [1.82, 2.24) is 10.3 Å². The fourth-order valence-corrected chi connectivity index (χ4v) is 1.64. The van der Waals surface area contributed by atoms with Crippen molar-refractivity contribution in [3.8, 4) is 5.75 Å². The average Bonchev–Trinajstić information content (AvgIpc) is 2.52. The van der Waals surface area contributed by atoms with Crippen LogP contribution in [0.2, 0.25) is 0 Å². The predicted molar refractivity (Wildman–Crippen MR) is 78.1 cm³/mol. The zero-order chi connectivity index (χ0) is 14.2. The van der Waals surface area contributed by atoms with Crippen molar-refractivity contribution in [2.45, 2.75) is 6.54 Å². The van der Waals surface area contributed by atoms with Crippen molar-refractivity contribution >= 4 is 12.0 Å². The number of carbonyl (C=O) groups is 1. The van der Waals surface area contributed by atoms with Gasteiger partial charge >= 0.3 is 0 Å². The van der Waals surface area contributed by atoms with Crippen LogP contribution in [0.25, 0.3) is 6.08 Å². The van der Waals surface area contributed by atoms with Gasteiger partial charge in [-0.05, 0) is 41.5 Å². The zero-order valence-electron chi connectivity index (χ0n) is 11.2. The van der Waals surface area contributed by atoms with Gasteiger partial charge in [0.2, 0.25) is 5.91 Å². The highest BCUT2D eigenvalue weighted by atomic mass is 16.5. The van der Waals surface area contributed by atoms with Gasteiger partial charge in [-0.25, -0.2) is 0 Å². The van der Waals surface area contributed by atoms with Gasteiger partial charge in [0.1, 0.15) is 5.75 Å². The van der Waals surface area contributed by atoms with Crippen LogP contribution in [-0.2, 0) is 11.3 Å². The first-order valence-electron chi connectivity index (χ1n) is 6.27. The van der Waals surface area contributed by atoms with Crippen LogP contribution in [0, 0.1) is 0 Å². The Morgan fingerprint density at radius 1 is 1.20 bits per heavy atom. The van der Waals surface area contributed by atoms with Gasteiger partial charge in [-0.1, -0.05) is 12.1 Å². The molecule has 1 N–H and O–H groups in total. The number of methoxy groups -OCH3 is 1. The molecule has 0 fully saturated rings. The maximum atomic E-state index is 11.7. The van der Waals surface area contributed by atoms with Crippen LogP contribution >= 0.6 is 0 Å². The summed E-state index contributed by atoms with van der Waals surface area (Å²) in [6.45, 7) is 0.490. The van der Waals surface area contributed by atoms with Crippen molar-refractivity contribution in [1.29, 1.82) is 0 Å². The van der Waals surface area contributed by atoms with Crippen LogP contribution < -0.4 is 10.1 Å². The van der Waals surface area contributed by atoms with Crippen molar-refractivity contribution in [2.24, 2.45) is 0 Å². The first-order chi connectivity index (χ1) is 9.78. The Morgan fingerprint density at radius 3 is 2.55 bits per heavy atom. The van der Waals surface area contributed by atoms with Crippen molar-refractivity contribution < 1.29 is 9.53 Å². The van der Waals surface area contributed by atoms with E-state index in [0.717, 1.165) is 16.9 Å². The van der Waals surface area contributed by atoms with Crippen LogP contribution in [0.3, 0.4) is 0 Å². The van der Waals surface area contributed by atoms with E-state index in [4.69, 9.17) is 4.74 Å². The summed E-state index contributed by atoms with van der Waals surface area (Å²) in [5.74, 6) is 0.676. The molecule has 0 bridgehead atoms. The van der Waals surface area contributed by atoms with E-state index in [-0.39, 0.29) is 5.91 Å². The maximum absolute atomic E-state index is 11.7. The second-order valence-corrected chi connectivity index (χ2v) is 4.18. The fraction of sp³-hybridized carbons (Fsp3) is 0.125. The van der Waals surface area contributed by atoms with Crippen LogP contribution in [-0.4, -0.2) is 18.0 Å². The van der Waals surface area contributed by atoms with E-state index in [1.165, 1.54) is 6.08 Å². The number of aromatic nitrogens is 1. The minimum atomic E-state index is -0.127.